The molecular formula is C36H32N2+2. The number of rotatable bonds is 4. The number of aromatic nitrogens is 2. The summed E-state index contributed by atoms with van der Waals surface area (Å²) in [5, 5.41) is 5.35. The predicted molar refractivity (Wildman–Crippen MR) is 154 cm³/mol. The summed E-state index contributed by atoms with van der Waals surface area (Å²) in [6.07, 6.45) is 4.40. The van der Waals surface area contributed by atoms with Crippen molar-refractivity contribution in [3.05, 3.63) is 156 Å². The summed E-state index contributed by atoms with van der Waals surface area (Å²) in [6.45, 7) is 0. The van der Waals surface area contributed by atoms with Crippen LogP contribution < -0.4 is 9.13 Å². The Morgan fingerprint density at radius 1 is 0.395 bits per heavy atom. The van der Waals surface area contributed by atoms with Crippen LogP contribution in [0.5, 0.6) is 0 Å². The van der Waals surface area contributed by atoms with Crippen molar-refractivity contribution in [2.45, 2.75) is 23.7 Å². The Bertz CT molecular complexity index is 1630. The van der Waals surface area contributed by atoms with E-state index in [0.29, 0.717) is 23.7 Å². The highest BCUT2D eigenvalue weighted by molar-refractivity contribution is 5.88. The number of aryl methyl sites for hydroxylation is 2. The second-order valence-electron chi connectivity index (χ2n) is 10.7. The van der Waals surface area contributed by atoms with E-state index in [1.54, 1.807) is 0 Å². The van der Waals surface area contributed by atoms with E-state index in [0.717, 1.165) is 0 Å². The van der Waals surface area contributed by atoms with Crippen molar-refractivity contribution in [2.24, 2.45) is 14.1 Å². The molecule has 184 valence electrons. The van der Waals surface area contributed by atoms with Gasteiger partial charge in [0, 0.05) is 36.1 Å². The Hall–Kier alpha value is -4.30. The maximum absolute atomic E-state index is 2.37. The summed E-state index contributed by atoms with van der Waals surface area (Å²) in [5.41, 5.74) is 5.67. The van der Waals surface area contributed by atoms with Gasteiger partial charge >= 0.3 is 0 Å². The van der Waals surface area contributed by atoms with Crippen LogP contribution >= 0.6 is 0 Å². The summed E-state index contributed by atoms with van der Waals surface area (Å²) in [5.74, 6) is 1.35. The Morgan fingerprint density at radius 3 is 1.24 bits per heavy atom. The van der Waals surface area contributed by atoms with Crippen LogP contribution in [0.3, 0.4) is 0 Å². The van der Waals surface area contributed by atoms with E-state index in [-0.39, 0.29) is 0 Å². The predicted octanol–water partition coefficient (Wildman–Crippen LogP) is 7.09. The van der Waals surface area contributed by atoms with Gasteiger partial charge in [0.2, 0.25) is 0 Å². The highest BCUT2D eigenvalue weighted by Gasteiger charge is 2.58. The zero-order valence-corrected chi connectivity index (χ0v) is 21.9. The summed E-state index contributed by atoms with van der Waals surface area (Å²) in [4.78, 5) is 0. The molecule has 0 spiro atoms. The topological polar surface area (TPSA) is 7.76 Å². The van der Waals surface area contributed by atoms with E-state index in [9.17, 15) is 0 Å². The van der Waals surface area contributed by atoms with E-state index < -0.39 is 0 Å². The first-order valence-electron chi connectivity index (χ1n) is 13.6. The fraction of sp³-hybridized carbons (Fsp3) is 0.167. The summed E-state index contributed by atoms with van der Waals surface area (Å²) in [6, 6.07) is 44.8. The molecule has 2 heteroatoms. The molecule has 0 amide bonds. The van der Waals surface area contributed by atoms with E-state index in [4.69, 9.17) is 0 Å². The second kappa shape index (κ2) is 9.22. The van der Waals surface area contributed by atoms with Crippen LogP contribution in [0.25, 0.3) is 21.5 Å². The smallest absolute Gasteiger partial charge is 0.185 e. The van der Waals surface area contributed by atoms with Crippen LogP contribution in [0.4, 0.5) is 0 Å². The van der Waals surface area contributed by atoms with Crippen molar-refractivity contribution in [3.63, 3.8) is 0 Å². The van der Waals surface area contributed by atoms with Gasteiger partial charge in [-0.15, -0.1) is 0 Å². The van der Waals surface area contributed by atoms with Crippen molar-refractivity contribution in [1.29, 1.82) is 0 Å². The molecule has 4 aromatic carbocycles. The van der Waals surface area contributed by atoms with Crippen molar-refractivity contribution in [2.75, 3.05) is 0 Å². The second-order valence-corrected chi connectivity index (χ2v) is 10.7. The number of benzene rings is 4. The van der Waals surface area contributed by atoms with Gasteiger partial charge < -0.3 is 0 Å². The Morgan fingerprint density at radius 2 is 0.789 bits per heavy atom. The molecule has 1 fully saturated rings. The lowest BCUT2D eigenvalue weighted by Gasteiger charge is -2.50. The van der Waals surface area contributed by atoms with Gasteiger partial charge in [0.05, 0.1) is 11.8 Å². The van der Waals surface area contributed by atoms with Crippen molar-refractivity contribution < 1.29 is 9.13 Å². The fourth-order valence-corrected chi connectivity index (χ4v) is 7.11. The van der Waals surface area contributed by atoms with E-state index in [1.165, 1.54) is 44.1 Å². The zero-order chi connectivity index (χ0) is 25.6. The minimum absolute atomic E-state index is 0.336. The van der Waals surface area contributed by atoms with Crippen molar-refractivity contribution >= 4 is 21.5 Å². The molecule has 2 aromatic heterocycles. The quantitative estimate of drug-likeness (QED) is 0.232. The third-order valence-corrected chi connectivity index (χ3v) is 8.79. The van der Waals surface area contributed by atoms with Gasteiger partial charge in [-0.1, -0.05) is 97.1 Å². The Balaban J connectivity index is 1.53. The average Bonchev–Trinajstić information content (AvgIpc) is 2.95. The van der Waals surface area contributed by atoms with E-state index in [2.05, 4.69) is 157 Å². The molecule has 1 aliphatic rings. The van der Waals surface area contributed by atoms with E-state index >= 15 is 0 Å². The zero-order valence-electron chi connectivity index (χ0n) is 21.9. The fourth-order valence-electron chi connectivity index (χ4n) is 7.11. The molecule has 1 saturated carbocycles. The van der Waals surface area contributed by atoms with Crippen LogP contribution in [-0.4, -0.2) is 0 Å². The van der Waals surface area contributed by atoms with E-state index in [1.807, 2.05) is 0 Å². The average molecular weight is 493 g/mol. The van der Waals surface area contributed by atoms with Crippen LogP contribution in [0.2, 0.25) is 0 Å². The number of nitrogens with zero attached hydrogens (tertiary/aromatic N) is 2. The summed E-state index contributed by atoms with van der Waals surface area (Å²) >= 11 is 0. The minimum atomic E-state index is 0.336. The molecule has 2 heterocycles. The first kappa shape index (κ1) is 22.9. The van der Waals surface area contributed by atoms with Gasteiger partial charge in [-0.25, -0.2) is 9.13 Å². The molecule has 0 unspecified atom stereocenters. The van der Waals surface area contributed by atoms with Crippen molar-refractivity contribution in [3.8, 4) is 0 Å². The third-order valence-electron chi connectivity index (χ3n) is 8.79. The number of fused-ring (bicyclic) bond motifs is 2. The molecular weight excluding hydrogens is 460 g/mol. The third kappa shape index (κ3) is 3.55. The van der Waals surface area contributed by atoms with Crippen LogP contribution in [0.1, 0.15) is 46.2 Å². The van der Waals surface area contributed by atoms with Gasteiger partial charge in [-0.3, -0.25) is 0 Å². The van der Waals surface area contributed by atoms with Crippen LogP contribution in [0.15, 0.2) is 134 Å². The lowest BCUT2D eigenvalue weighted by atomic mass is 9.50. The summed E-state index contributed by atoms with van der Waals surface area (Å²) < 4.78 is 4.67. The number of pyridine rings is 2. The van der Waals surface area contributed by atoms with Gasteiger partial charge in [0.15, 0.2) is 23.8 Å². The SMILES string of the molecule is C[n+]1ccccc1C1C(c2cccc3ccccc23)C(c2cccc[n+]2C)C1c1cccc2ccccc12. The van der Waals surface area contributed by atoms with Crippen molar-refractivity contribution in [1.82, 2.24) is 0 Å². The number of hydrogen-bond donors (Lipinski definition) is 0. The minimum Gasteiger partial charge on any atom is -0.205 e. The largest absolute Gasteiger partial charge is 0.205 e. The molecule has 0 atom stereocenters. The Labute approximate surface area is 224 Å². The van der Waals surface area contributed by atoms with Crippen LogP contribution in [0, 0.1) is 0 Å². The molecule has 0 aliphatic heterocycles. The maximum Gasteiger partial charge on any atom is 0.185 e. The molecule has 2 nitrogen and oxygen atoms in total. The molecule has 6 aromatic rings. The Kier molecular flexibility index (Phi) is 5.55. The lowest BCUT2D eigenvalue weighted by molar-refractivity contribution is -0.686. The van der Waals surface area contributed by atoms with Gasteiger partial charge in [-0.2, -0.15) is 0 Å². The normalized spacial score (nSPS) is 20.9. The molecule has 0 bridgehead atoms. The lowest BCUT2D eigenvalue weighted by Crippen LogP contribution is -2.50. The molecule has 38 heavy (non-hydrogen) atoms. The highest BCUT2D eigenvalue weighted by Crippen LogP contribution is 2.66. The standard InChI is InChI=1S/C36H32N2/c1-37-23-9-7-21-31(37)35-33(29-19-11-15-25-13-3-5-17-27(25)29)36(32-22-8-10-24-38(32)2)34(35)30-20-12-16-26-14-4-6-18-28(26)30/h3-24,33-36H,1-2H3/q+2. The maximum atomic E-state index is 2.37. The first-order valence-corrected chi connectivity index (χ1v) is 13.6. The van der Waals surface area contributed by atoms with Crippen LogP contribution in [-0.2, 0) is 14.1 Å². The molecule has 1 aliphatic carbocycles. The summed E-state index contributed by atoms with van der Waals surface area (Å²) in [7, 11) is 4.40. The first-order chi connectivity index (χ1) is 18.7. The molecule has 0 N–H and O–H groups in total. The van der Waals surface area contributed by atoms with Gasteiger partial charge in [0.1, 0.15) is 14.1 Å². The number of hydrogen-bond acceptors (Lipinski definition) is 0. The highest BCUT2D eigenvalue weighted by atomic mass is 15.0. The molecule has 0 saturated heterocycles. The van der Waals surface area contributed by atoms with Gasteiger partial charge in [-0.05, 0) is 32.7 Å². The molecule has 0 radical (unpaired) electrons. The monoisotopic (exact) mass is 492 g/mol. The van der Waals surface area contributed by atoms with Gasteiger partial charge in [0.25, 0.3) is 0 Å². The molecule has 7 rings (SSSR count).